The van der Waals surface area contributed by atoms with Crippen molar-refractivity contribution in [3.8, 4) is 0 Å². The second-order valence-electron chi connectivity index (χ2n) is 6.83. The number of rotatable bonds is 8. The standard InChI is InChI=1S/C17H36/c1-9-12-13(4)14(5)16(10-2)15(6)17(7,8)11-3/h13-16H,9-12H2,1-8H3. The summed E-state index contributed by atoms with van der Waals surface area (Å²) in [6.07, 6.45) is 5.34. The molecule has 0 aromatic carbocycles. The quantitative estimate of drug-likeness (QED) is 0.477. The molecule has 0 radical (unpaired) electrons. The van der Waals surface area contributed by atoms with Crippen LogP contribution in [0, 0.1) is 29.1 Å². The lowest BCUT2D eigenvalue weighted by molar-refractivity contribution is 0.0842. The summed E-state index contributed by atoms with van der Waals surface area (Å²) in [5, 5.41) is 0. The Hall–Kier alpha value is 0. The highest BCUT2D eigenvalue weighted by Crippen LogP contribution is 2.42. The molecule has 17 heavy (non-hydrogen) atoms. The van der Waals surface area contributed by atoms with E-state index >= 15 is 0 Å². The zero-order valence-corrected chi connectivity index (χ0v) is 13.6. The van der Waals surface area contributed by atoms with Gasteiger partial charge in [0.05, 0.1) is 0 Å². The van der Waals surface area contributed by atoms with Crippen LogP contribution < -0.4 is 0 Å². The van der Waals surface area contributed by atoms with Crippen LogP contribution >= 0.6 is 0 Å². The Kier molecular flexibility index (Phi) is 7.44. The largest absolute Gasteiger partial charge is 0.0654 e. The Morgan fingerprint density at radius 3 is 1.82 bits per heavy atom. The van der Waals surface area contributed by atoms with Crippen molar-refractivity contribution in [1.29, 1.82) is 0 Å². The predicted octanol–water partition coefficient (Wildman–Crippen LogP) is 6.16. The lowest BCUT2D eigenvalue weighted by atomic mass is 9.64. The first kappa shape index (κ1) is 17.0. The van der Waals surface area contributed by atoms with E-state index in [1.54, 1.807) is 0 Å². The van der Waals surface area contributed by atoms with E-state index in [4.69, 9.17) is 0 Å². The molecule has 104 valence electrons. The molecule has 0 aliphatic rings. The van der Waals surface area contributed by atoms with E-state index in [-0.39, 0.29) is 0 Å². The van der Waals surface area contributed by atoms with Crippen molar-refractivity contribution in [2.45, 2.75) is 81.1 Å². The summed E-state index contributed by atoms with van der Waals surface area (Å²) in [6, 6.07) is 0. The summed E-state index contributed by atoms with van der Waals surface area (Å²) in [5.41, 5.74) is 0.487. The van der Waals surface area contributed by atoms with Gasteiger partial charge in [0, 0.05) is 0 Å². The molecular weight excluding hydrogens is 204 g/mol. The monoisotopic (exact) mass is 240 g/mol. The highest BCUT2D eigenvalue weighted by Gasteiger charge is 2.34. The van der Waals surface area contributed by atoms with E-state index in [1.807, 2.05) is 0 Å². The van der Waals surface area contributed by atoms with Gasteiger partial charge in [-0.05, 0) is 29.1 Å². The summed E-state index contributed by atoms with van der Waals surface area (Å²) in [4.78, 5) is 0. The average Bonchev–Trinajstić information content (AvgIpc) is 2.29. The first-order chi connectivity index (χ1) is 7.81. The minimum absolute atomic E-state index is 0.487. The first-order valence-electron chi connectivity index (χ1n) is 7.81. The van der Waals surface area contributed by atoms with E-state index in [9.17, 15) is 0 Å². The Morgan fingerprint density at radius 2 is 1.47 bits per heavy atom. The predicted molar refractivity (Wildman–Crippen MR) is 80.3 cm³/mol. The van der Waals surface area contributed by atoms with Crippen LogP contribution in [0.5, 0.6) is 0 Å². The van der Waals surface area contributed by atoms with Crippen LogP contribution in [-0.2, 0) is 0 Å². The third kappa shape index (κ3) is 4.64. The van der Waals surface area contributed by atoms with Crippen LogP contribution in [-0.4, -0.2) is 0 Å². The second-order valence-corrected chi connectivity index (χ2v) is 6.83. The van der Waals surface area contributed by atoms with E-state index in [0.717, 1.165) is 23.7 Å². The van der Waals surface area contributed by atoms with Gasteiger partial charge in [0.2, 0.25) is 0 Å². The smallest absolute Gasteiger partial charge is 0.0328 e. The lowest BCUT2D eigenvalue weighted by Crippen LogP contribution is -2.33. The normalized spacial score (nSPS) is 19.8. The third-order valence-electron chi connectivity index (χ3n) is 5.57. The van der Waals surface area contributed by atoms with Crippen LogP contribution in [0.1, 0.15) is 81.1 Å². The van der Waals surface area contributed by atoms with Crippen molar-refractivity contribution in [3.63, 3.8) is 0 Å². The molecule has 0 amide bonds. The molecule has 0 nitrogen and oxygen atoms in total. The summed E-state index contributed by atoms with van der Waals surface area (Å²) in [6.45, 7) is 19.3. The van der Waals surface area contributed by atoms with Crippen molar-refractivity contribution in [2.75, 3.05) is 0 Å². The maximum atomic E-state index is 2.48. The first-order valence-corrected chi connectivity index (χ1v) is 7.81. The number of hydrogen-bond acceptors (Lipinski definition) is 0. The van der Waals surface area contributed by atoms with Crippen LogP contribution in [0.4, 0.5) is 0 Å². The van der Waals surface area contributed by atoms with Gasteiger partial charge in [-0.15, -0.1) is 0 Å². The van der Waals surface area contributed by atoms with E-state index in [0.29, 0.717) is 5.41 Å². The molecule has 0 spiro atoms. The van der Waals surface area contributed by atoms with Crippen molar-refractivity contribution in [2.24, 2.45) is 29.1 Å². The molecule has 0 heterocycles. The fourth-order valence-corrected chi connectivity index (χ4v) is 3.22. The second kappa shape index (κ2) is 7.44. The zero-order valence-electron chi connectivity index (χ0n) is 13.6. The molecule has 0 aliphatic heterocycles. The van der Waals surface area contributed by atoms with Crippen molar-refractivity contribution in [1.82, 2.24) is 0 Å². The highest BCUT2D eigenvalue weighted by molar-refractivity contribution is 4.83. The fraction of sp³-hybridized carbons (Fsp3) is 1.00. The maximum absolute atomic E-state index is 2.48. The Morgan fingerprint density at radius 1 is 0.941 bits per heavy atom. The average molecular weight is 240 g/mol. The van der Waals surface area contributed by atoms with Gasteiger partial charge < -0.3 is 0 Å². The van der Waals surface area contributed by atoms with E-state index < -0.39 is 0 Å². The summed E-state index contributed by atoms with van der Waals surface area (Å²) in [7, 11) is 0. The number of hydrogen-bond donors (Lipinski definition) is 0. The molecule has 0 heteroatoms. The van der Waals surface area contributed by atoms with Crippen LogP contribution in [0.25, 0.3) is 0 Å². The topological polar surface area (TPSA) is 0 Å². The molecule has 0 aliphatic carbocycles. The molecule has 0 N–H and O–H groups in total. The van der Waals surface area contributed by atoms with Gasteiger partial charge in [-0.2, -0.15) is 0 Å². The maximum Gasteiger partial charge on any atom is -0.0328 e. The SMILES string of the molecule is CCCC(C)C(C)C(CC)C(C)C(C)(C)CC. The van der Waals surface area contributed by atoms with Crippen molar-refractivity contribution >= 4 is 0 Å². The van der Waals surface area contributed by atoms with E-state index in [2.05, 4.69) is 55.4 Å². The van der Waals surface area contributed by atoms with Gasteiger partial charge in [-0.25, -0.2) is 0 Å². The molecule has 0 saturated carbocycles. The van der Waals surface area contributed by atoms with Gasteiger partial charge in [0.1, 0.15) is 0 Å². The van der Waals surface area contributed by atoms with Crippen LogP contribution in [0.3, 0.4) is 0 Å². The van der Waals surface area contributed by atoms with Gasteiger partial charge in [0.25, 0.3) is 0 Å². The van der Waals surface area contributed by atoms with E-state index in [1.165, 1.54) is 25.7 Å². The Bertz CT molecular complexity index is 192. The summed E-state index contributed by atoms with van der Waals surface area (Å²) in [5.74, 6) is 3.44. The highest BCUT2D eigenvalue weighted by atomic mass is 14.4. The Balaban J connectivity index is 4.71. The lowest BCUT2D eigenvalue weighted by Gasteiger charge is -2.41. The molecule has 4 unspecified atom stereocenters. The minimum atomic E-state index is 0.487. The van der Waals surface area contributed by atoms with Gasteiger partial charge >= 0.3 is 0 Å². The van der Waals surface area contributed by atoms with Gasteiger partial charge in [0.15, 0.2) is 0 Å². The summed E-state index contributed by atoms with van der Waals surface area (Å²) < 4.78 is 0. The molecule has 0 aromatic rings. The van der Waals surface area contributed by atoms with Crippen molar-refractivity contribution in [3.05, 3.63) is 0 Å². The molecule has 0 bridgehead atoms. The van der Waals surface area contributed by atoms with Crippen LogP contribution in [0.2, 0.25) is 0 Å². The molecule has 0 aromatic heterocycles. The fourth-order valence-electron chi connectivity index (χ4n) is 3.22. The molecule has 4 atom stereocenters. The molecule has 0 fully saturated rings. The van der Waals surface area contributed by atoms with Gasteiger partial charge in [-0.3, -0.25) is 0 Å². The summed E-state index contributed by atoms with van der Waals surface area (Å²) >= 11 is 0. The minimum Gasteiger partial charge on any atom is -0.0654 e. The molecule has 0 rings (SSSR count). The van der Waals surface area contributed by atoms with Crippen LogP contribution in [0.15, 0.2) is 0 Å². The molecule has 0 saturated heterocycles. The van der Waals surface area contributed by atoms with Crippen molar-refractivity contribution < 1.29 is 0 Å². The van der Waals surface area contributed by atoms with Gasteiger partial charge in [-0.1, -0.05) is 81.1 Å². The zero-order chi connectivity index (χ0) is 13.6. The molecular formula is C17H36. The third-order valence-corrected chi connectivity index (χ3v) is 5.57. The Labute approximate surface area is 111 Å².